The van der Waals surface area contributed by atoms with Crippen molar-refractivity contribution in [1.82, 2.24) is 20.8 Å². The third-order valence-corrected chi connectivity index (χ3v) is 2.82. The molecule has 2 rings (SSSR count). The summed E-state index contributed by atoms with van der Waals surface area (Å²) < 4.78 is 5.08. The van der Waals surface area contributed by atoms with Gasteiger partial charge < -0.3 is 15.2 Å². The van der Waals surface area contributed by atoms with Crippen LogP contribution in [0.5, 0.6) is 0 Å². The van der Waals surface area contributed by atoms with Crippen LogP contribution in [-0.2, 0) is 11.3 Å². The van der Waals surface area contributed by atoms with Gasteiger partial charge in [0.15, 0.2) is 0 Å². The fraction of sp³-hybridized carbons (Fsp3) is 0.308. The zero-order valence-electron chi connectivity index (χ0n) is 11.4. The van der Waals surface area contributed by atoms with Gasteiger partial charge in [0.1, 0.15) is 0 Å². The average Bonchev–Trinajstić information content (AvgIpc) is 2.92. The second kappa shape index (κ2) is 8.61. The Balaban J connectivity index is 0.00000220. The molecule has 1 aromatic heterocycles. The van der Waals surface area contributed by atoms with Crippen molar-refractivity contribution in [2.75, 3.05) is 13.6 Å². The van der Waals surface area contributed by atoms with Crippen LogP contribution in [0.25, 0.3) is 11.4 Å². The lowest BCUT2D eigenvalue weighted by atomic mass is 10.2. The highest BCUT2D eigenvalue weighted by molar-refractivity contribution is 6.30. The molecule has 0 atom stereocenters. The van der Waals surface area contributed by atoms with Gasteiger partial charge in [-0.1, -0.05) is 28.9 Å². The highest BCUT2D eigenvalue weighted by atomic mass is 35.5. The van der Waals surface area contributed by atoms with Crippen LogP contribution in [0.3, 0.4) is 0 Å². The molecule has 0 unspecified atom stereocenters. The van der Waals surface area contributed by atoms with E-state index in [1.165, 1.54) is 0 Å². The molecule has 0 saturated heterocycles. The average molecular weight is 331 g/mol. The molecular formula is C13H16Cl2N4O2. The quantitative estimate of drug-likeness (QED) is 0.847. The Morgan fingerprint density at radius 1 is 1.43 bits per heavy atom. The van der Waals surface area contributed by atoms with E-state index in [0.29, 0.717) is 29.7 Å². The maximum Gasteiger partial charge on any atom is 0.246 e. The van der Waals surface area contributed by atoms with Gasteiger partial charge in [0.25, 0.3) is 0 Å². The zero-order chi connectivity index (χ0) is 14.4. The lowest BCUT2D eigenvalue weighted by Crippen LogP contribution is -2.26. The SMILES string of the molecule is CNCCC(=O)NCc1nc(-c2cccc(Cl)c2)no1.Cl. The van der Waals surface area contributed by atoms with Gasteiger partial charge in [0, 0.05) is 23.6 Å². The standard InChI is InChI=1S/C13H15ClN4O2.ClH/c1-15-6-5-11(19)16-8-12-17-13(18-20-12)9-3-2-4-10(14)7-9;/h2-4,7,15H,5-6,8H2,1H3,(H,16,19);1H. The van der Waals surface area contributed by atoms with Crippen LogP contribution in [0, 0.1) is 0 Å². The number of hydrogen-bond acceptors (Lipinski definition) is 5. The number of hydrogen-bond donors (Lipinski definition) is 2. The molecule has 6 nitrogen and oxygen atoms in total. The van der Waals surface area contributed by atoms with E-state index in [1.807, 2.05) is 12.1 Å². The normalized spacial score (nSPS) is 10.0. The number of carbonyl (C=O) groups excluding carboxylic acids is 1. The molecular weight excluding hydrogens is 315 g/mol. The first-order valence-corrected chi connectivity index (χ1v) is 6.56. The van der Waals surface area contributed by atoms with Gasteiger partial charge in [0.2, 0.25) is 17.6 Å². The lowest BCUT2D eigenvalue weighted by molar-refractivity contribution is -0.121. The van der Waals surface area contributed by atoms with Crippen molar-refractivity contribution in [3.05, 3.63) is 35.2 Å². The molecule has 2 aromatic rings. The van der Waals surface area contributed by atoms with Gasteiger partial charge in [-0.3, -0.25) is 4.79 Å². The summed E-state index contributed by atoms with van der Waals surface area (Å²) in [6.07, 6.45) is 0.409. The van der Waals surface area contributed by atoms with Crippen molar-refractivity contribution in [2.45, 2.75) is 13.0 Å². The van der Waals surface area contributed by atoms with Crippen molar-refractivity contribution >= 4 is 29.9 Å². The molecule has 114 valence electrons. The molecule has 0 aliphatic rings. The van der Waals surface area contributed by atoms with Gasteiger partial charge in [0.05, 0.1) is 6.54 Å². The molecule has 1 heterocycles. The predicted octanol–water partition coefficient (Wildman–Crippen LogP) is 2.04. The second-order valence-electron chi connectivity index (χ2n) is 4.15. The predicted molar refractivity (Wildman–Crippen MR) is 82.4 cm³/mol. The van der Waals surface area contributed by atoms with Gasteiger partial charge >= 0.3 is 0 Å². The number of nitrogens with zero attached hydrogens (tertiary/aromatic N) is 2. The monoisotopic (exact) mass is 330 g/mol. The van der Waals surface area contributed by atoms with Gasteiger partial charge in [-0.15, -0.1) is 12.4 Å². The highest BCUT2D eigenvalue weighted by Crippen LogP contribution is 2.19. The van der Waals surface area contributed by atoms with Crippen molar-refractivity contribution in [1.29, 1.82) is 0 Å². The first kappa shape index (κ1) is 17.4. The summed E-state index contributed by atoms with van der Waals surface area (Å²) in [6, 6.07) is 7.18. The molecule has 0 radical (unpaired) electrons. The molecule has 0 aliphatic carbocycles. The summed E-state index contributed by atoms with van der Waals surface area (Å²) in [5.74, 6) is 0.742. The number of rotatable bonds is 6. The Bertz CT molecular complexity index is 589. The van der Waals surface area contributed by atoms with E-state index in [4.69, 9.17) is 16.1 Å². The van der Waals surface area contributed by atoms with Crippen molar-refractivity contribution < 1.29 is 9.32 Å². The Labute approximate surface area is 133 Å². The van der Waals surface area contributed by atoms with Crippen LogP contribution in [0.4, 0.5) is 0 Å². The van der Waals surface area contributed by atoms with E-state index in [0.717, 1.165) is 5.56 Å². The number of carbonyl (C=O) groups is 1. The smallest absolute Gasteiger partial charge is 0.246 e. The molecule has 1 amide bonds. The fourth-order valence-corrected chi connectivity index (χ4v) is 1.76. The summed E-state index contributed by atoms with van der Waals surface area (Å²) in [7, 11) is 1.79. The summed E-state index contributed by atoms with van der Waals surface area (Å²) >= 11 is 5.90. The van der Waals surface area contributed by atoms with Crippen LogP contribution < -0.4 is 10.6 Å². The molecule has 0 fully saturated rings. The second-order valence-corrected chi connectivity index (χ2v) is 4.59. The van der Waals surface area contributed by atoms with E-state index in [-0.39, 0.29) is 24.9 Å². The third kappa shape index (κ3) is 5.34. The summed E-state index contributed by atoms with van der Waals surface area (Å²) in [6.45, 7) is 0.847. The molecule has 2 N–H and O–H groups in total. The first-order valence-electron chi connectivity index (χ1n) is 6.19. The number of benzene rings is 1. The molecule has 0 aliphatic heterocycles. The summed E-state index contributed by atoms with van der Waals surface area (Å²) in [5.41, 5.74) is 0.772. The van der Waals surface area contributed by atoms with Crippen molar-refractivity contribution in [2.24, 2.45) is 0 Å². The molecule has 8 heteroatoms. The molecule has 0 bridgehead atoms. The maximum absolute atomic E-state index is 11.4. The van der Waals surface area contributed by atoms with E-state index in [1.54, 1.807) is 19.2 Å². The van der Waals surface area contributed by atoms with Gasteiger partial charge in [-0.25, -0.2) is 0 Å². The topological polar surface area (TPSA) is 80.0 Å². The maximum atomic E-state index is 11.4. The minimum atomic E-state index is -0.0677. The van der Waals surface area contributed by atoms with Crippen LogP contribution >= 0.6 is 24.0 Å². The third-order valence-electron chi connectivity index (χ3n) is 2.59. The number of nitrogens with one attached hydrogen (secondary N) is 2. The van der Waals surface area contributed by atoms with Crippen LogP contribution in [-0.4, -0.2) is 29.6 Å². The van der Waals surface area contributed by atoms with Crippen LogP contribution in [0.2, 0.25) is 5.02 Å². The minimum absolute atomic E-state index is 0. The number of aromatic nitrogens is 2. The first-order chi connectivity index (χ1) is 9.69. The summed E-state index contributed by atoms with van der Waals surface area (Å²) in [4.78, 5) is 15.6. The highest BCUT2D eigenvalue weighted by Gasteiger charge is 2.09. The largest absolute Gasteiger partial charge is 0.347 e. The fourth-order valence-electron chi connectivity index (χ4n) is 1.57. The van der Waals surface area contributed by atoms with Crippen molar-refractivity contribution in [3.63, 3.8) is 0 Å². The Hall–Kier alpha value is -1.63. The summed E-state index contributed by atoms with van der Waals surface area (Å²) in [5, 5.41) is 10.1. The van der Waals surface area contributed by atoms with Crippen molar-refractivity contribution in [3.8, 4) is 11.4 Å². The molecule has 0 saturated carbocycles. The van der Waals surface area contributed by atoms with Crippen LogP contribution in [0.15, 0.2) is 28.8 Å². The van der Waals surface area contributed by atoms with E-state index >= 15 is 0 Å². The number of halogens is 2. The molecule has 21 heavy (non-hydrogen) atoms. The molecule has 0 spiro atoms. The van der Waals surface area contributed by atoms with E-state index in [9.17, 15) is 4.79 Å². The van der Waals surface area contributed by atoms with Gasteiger partial charge in [-0.2, -0.15) is 4.98 Å². The Morgan fingerprint density at radius 2 is 2.24 bits per heavy atom. The van der Waals surface area contributed by atoms with E-state index < -0.39 is 0 Å². The number of amides is 1. The zero-order valence-corrected chi connectivity index (χ0v) is 13.0. The molecule has 1 aromatic carbocycles. The Morgan fingerprint density at radius 3 is 2.95 bits per heavy atom. The lowest BCUT2D eigenvalue weighted by Gasteiger charge is -2.00. The van der Waals surface area contributed by atoms with Crippen LogP contribution in [0.1, 0.15) is 12.3 Å². The minimum Gasteiger partial charge on any atom is -0.347 e. The van der Waals surface area contributed by atoms with Gasteiger partial charge in [-0.05, 0) is 19.2 Å². The Kier molecular flexibility index (Phi) is 7.14. The van der Waals surface area contributed by atoms with E-state index in [2.05, 4.69) is 20.8 Å².